The first-order chi connectivity index (χ1) is 5.95. The van der Waals surface area contributed by atoms with Crippen molar-refractivity contribution in [3.05, 3.63) is 0 Å². The Bertz CT molecular complexity index is 128. The van der Waals surface area contributed by atoms with E-state index in [0.29, 0.717) is 0 Å². The van der Waals surface area contributed by atoms with Gasteiger partial charge in [-0.05, 0) is 38.3 Å². The van der Waals surface area contributed by atoms with E-state index in [4.69, 9.17) is 4.84 Å². The van der Waals surface area contributed by atoms with Crippen LogP contribution in [0.15, 0.2) is 0 Å². The van der Waals surface area contributed by atoms with Crippen LogP contribution in [0.25, 0.3) is 0 Å². The van der Waals surface area contributed by atoms with Crippen LogP contribution < -0.4 is 5.32 Å². The molecular formula is C9H18N2O. The topological polar surface area (TPSA) is 24.5 Å². The molecular weight excluding hydrogens is 152 g/mol. The smallest absolute Gasteiger partial charge is 0.0685 e. The average molecular weight is 170 g/mol. The Kier molecular flexibility index (Phi) is 2.98. The maximum atomic E-state index is 5.55. The Morgan fingerprint density at radius 1 is 1.42 bits per heavy atom. The molecule has 3 nitrogen and oxygen atoms in total. The maximum Gasteiger partial charge on any atom is 0.0685 e. The molecule has 0 radical (unpaired) electrons. The number of hydrogen-bond donors (Lipinski definition) is 1. The van der Waals surface area contributed by atoms with Crippen molar-refractivity contribution in [3.8, 4) is 0 Å². The molecule has 0 spiro atoms. The Morgan fingerprint density at radius 3 is 3.08 bits per heavy atom. The minimum Gasteiger partial charge on any atom is -0.316 e. The van der Waals surface area contributed by atoms with Crippen LogP contribution in [0, 0.1) is 5.92 Å². The third-order valence-electron chi connectivity index (χ3n) is 2.70. The van der Waals surface area contributed by atoms with Gasteiger partial charge in [-0.3, -0.25) is 4.84 Å². The molecule has 0 aromatic carbocycles. The summed E-state index contributed by atoms with van der Waals surface area (Å²) in [6.07, 6.45) is 3.86. The Balaban J connectivity index is 1.69. The third-order valence-corrected chi connectivity index (χ3v) is 2.70. The van der Waals surface area contributed by atoms with Gasteiger partial charge in [-0.2, -0.15) is 5.06 Å². The van der Waals surface area contributed by atoms with Crippen molar-refractivity contribution in [1.29, 1.82) is 0 Å². The molecule has 12 heavy (non-hydrogen) atoms. The van der Waals surface area contributed by atoms with E-state index in [2.05, 4.69) is 10.4 Å². The highest BCUT2D eigenvalue weighted by atomic mass is 16.7. The summed E-state index contributed by atoms with van der Waals surface area (Å²) in [5, 5.41) is 5.53. The normalized spacial score (nSPS) is 32.5. The molecule has 2 aliphatic heterocycles. The summed E-state index contributed by atoms with van der Waals surface area (Å²) in [4.78, 5) is 5.55. The van der Waals surface area contributed by atoms with Gasteiger partial charge in [-0.1, -0.05) is 0 Å². The molecule has 0 amide bonds. The zero-order valence-electron chi connectivity index (χ0n) is 7.59. The van der Waals surface area contributed by atoms with E-state index in [1.54, 1.807) is 0 Å². The third kappa shape index (κ3) is 2.19. The molecule has 2 saturated heterocycles. The molecule has 0 aromatic rings. The molecule has 3 heteroatoms. The van der Waals surface area contributed by atoms with Crippen LogP contribution >= 0.6 is 0 Å². The molecule has 1 N–H and O–H groups in total. The van der Waals surface area contributed by atoms with Gasteiger partial charge in [0, 0.05) is 13.1 Å². The van der Waals surface area contributed by atoms with Crippen LogP contribution in [0.4, 0.5) is 0 Å². The molecule has 1 atom stereocenters. The first-order valence-corrected chi connectivity index (χ1v) is 5.04. The minimum atomic E-state index is 0.822. The zero-order chi connectivity index (χ0) is 8.23. The van der Waals surface area contributed by atoms with E-state index in [9.17, 15) is 0 Å². The van der Waals surface area contributed by atoms with Crippen molar-refractivity contribution in [2.45, 2.75) is 19.3 Å². The number of nitrogens with zero attached hydrogens (tertiary/aromatic N) is 1. The fourth-order valence-corrected chi connectivity index (χ4v) is 1.95. The van der Waals surface area contributed by atoms with Crippen LogP contribution in [0.1, 0.15) is 19.3 Å². The van der Waals surface area contributed by atoms with Crippen molar-refractivity contribution in [3.63, 3.8) is 0 Å². The fourth-order valence-electron chi connectivity index (χ4n) is 1.95. The number of hydrogen-bond acceptors (Lipinski definition) is 3. The number of nitrogens with one attached hydrogen (secondary N) is 1. The maximum absolute atomic E-state index is 5.55. The van der Waals surface area contributed by atoms with E-state index in [1.807, 2.05) is 0 Å². The highest BCUT2D eigenvalue weighted by molar-refractivity contribution is 4.73. The first kappa shape index (κ1) is 8.48. The zero-order valence-corrected chi connectivity index (χ0v) is 7.59. The minimum absolute atomic E-state index is 0.822. The van der Waals surface area contributed by atoms with Gasteiger partial charge in [0.25, 0.3) is 0 Å². The summed E-state index contributed by atoms with van der Waals surface area (Å²) in [5.41, 5.74) is 0. The van der Waals surface area contributed by atoms with Gasteiger partial charge >= 0.3 is 0 Å². The predicted molar refractivity (Wildman–Crippen MR) is 47.7 cm³/mol. The second-order valence-corrected chi connectivity index (χ2v) is 3.79. The lowest BCUT2D eigenvalue weighted by molar-refractivity contribution is -0.186. The van der Waals surface area contributed by atoms with Gasteiger partial charge in [-0.15, -0.1) is 0 Å². The summed E-state index contributed by atoms with van der Waals surface area (Å²) in [6, 6.07) is 0. The molecule has 2 aliphatic rings. The van der Waals surface area contributed by atoms with Gasteiger partial charge in [0.05, 0.1) is 6.61 Å². The monoisotopic (exact) mass is 170 g/mol. The van der Waals surface area contributed by atoms with Gasteiger partial charge in [-0.25, -0.2) is 0 Å². The Hall–Kier alpha value is -0.120. The molecule has 1 unspecified atom stereocenters. The van der Waals surface area contributed by atoms with Crippen molar-refractivity contribution in [1.82, 2.24) is 10.4 Å². The summed E-state index contributed by atoms with van der Waals surface area (Å²) in [7, 11) is 0. The van der Waals surface area contributed by atoms with E-state index in [1.165, 1.54) is 32.4 Å². The highest BCUT2D eigenvalue weighted by Crippen LogP contribution is 2.13. The van der Waals surface area contributed by atoms with E-state index >= 15 is 0 Å². The molecule has 0 saturated carbocycles. The molecule has 2 heterocycles. The lowest BCUT2D eigenvalue weighted by atomic mass is 10.1. The Labute approximate surface area is 74.0 Å². The van der Waals surface area contributed by atoms with Crippen LogP contribution in [0.3, 0.4) is 0 Å². The SMILES string of the molecule is C1CCN(CC2CCNC2)OC1. The molecule has 0 aromatic heterocycles. The lowest BCUT2D eigenvalue weighted by Gasteiger charge is -2.27. The molecule has 2 fully saturated rings. The fraction of sp³-hybridized carbons (Fsp3) is 1.00. The summed E-state index contributed by atoms with van der Waals surface area (Å²) in [5.74, 6) is 0.822. The van der Waals surface area contributed by atoms with Crippen LogP contribution in [0.5, 0.6) is 0 Å². The average Bonchev–Trinajstić information content (AvgIpc) is 2.59. The summed E-state index contributed by atoms with van der Waals surface area (Å²) >= 11 is 0. The predicted octanol–water partition coefficient (Wildman–Crippen LogP) is 0.623. The molecule has 0 bridgehead atoms. The van der Waals surface area contributed by atoms with E-state index in [-0.39, 0.29) is 0 Å². The summed E-state index contributed by atoms with van der Waals surface area (Å²) < 4.78 is 0. The molecule has 70 valence electrons. The molecule has 0 aliphatic carbocycles. The van der Waals surface area contributed by atoms with Gasteiger partial charge in [0.2, 0.25) is 0 Å². The van der Waals surface area contributed by atoms with Crippen molar-refractivity contribution >= 4 is 0 Å². The summed E-state index contributed by atoms with van der Waals surface area (Å²) in [6.45, 7) is 5.57. The quantitative estimate of drug-likeness (QED) is 0.657. The molecule has 2 rings (SSSR count). The highest BCUT2D eigenvalue weighted by Gasteiger charge is 2.19. The number of hydroxylamine groups is 2. The van der Waals surface area contributed by atoms with Gasteiger partial charge in [0.15, 0.2) is 0 Å². The van der Waals surface area contributed by atoms with Gasteiger partial charge in [0.1, 0.15) is 0 Å². The van der Waals surface area contributed by atoms with Gasteiger partial charge < -0.3 is 5.32 Å². The second kappa shape index (κ2) is 4.21. The largest absolute Gasteiger partial charge is 0.316 e. The number of rotatable bonds is 2. The lowest BCUT2D eigenvalue weighted by Crippen LogP contribution is -2.34. The van der Waals surface area contributed by atoms with E-state index in [0.717, 1.165) is 25.6 Å². The van der Waals surface area contributed by atoms with Crippen molar-refractivity contribution in [2.75, 3.05) is 32.8 Å². The Morgan fingerprint density at radius 2 is 2.42 bits per heavy atom. The van der Waals surface area contributed by atoms with Crippen molar-refractivity contribution < 1.29 is 4.84 Å². The van der Waals surface area contributed by atoms with E-state index < -0.39 is 0 Å². The first-order valence-electron chi connectivity index (χ1n) is 5.04. The van der Waals surface area contributed by atoms with Crippen LogP contribution in [-0.2, 0) is 4.84 Å². The van der Waals surface area contributed by atoms with Crippen LogP contribution in [-0.4, -0.2) is 37.8 Å². The standard InChI is InChI=1S/C9H18N2O/c1-2-6-12-11(5-1)8-9-3-4-10-7-9/h9-10H,1-8H2. The second-order valence-electron chi connectivity index (χ2n) is 3.79. The van der Waals surface area contributed by atoms with Crippen LogP contribution in [0.2, 0.25) is 0 Å². The van der Waals surface area contributed by atoms with Crippen molar-refractivity contribution in [2.24, 2.45) is 5.92 Å².